The van der Waals surface area contributed by atoms with Crippen LogP contribution >= 0.6 is 0 Å². The molecule has 2 aliphatic rings. The van der Waals surface area contributed by atoms with Crippen LogP contribution in [0.3, 0.4) is 0 Å². The van der Waals surface area contributed by atoms with E-state index < -0.39 is 17.0 Å². The topological polar surface area (TPSA) is 62.3 Å². The highest BCUT2D eigenvalue weighted by atomic mass is 19.1. The lowest BCUT2D eigenvalue weighted by atomic mass is 9.71. The van der Waals surface area contributed by atoms with Gasteiger partial charge in [0.1, 0.15) is 17.3 Å². The van der Waals surface area contributed by atoms with Crippen LogP contribution in [0.2, 0.25) is 0 Å². The van der Waals surface area contributed by atoms with E-state index in [4.69, 9.17) is 0 Å². The maximum atomic E-state index is 13.6. The fourth-order valence-electron chi connectivity index (χ4n) is 4.43. The summed E-state index contributed by atoms with van der Waals surface area (Å²) in [5.41, 5.74) is -0.000849. The molecule has 5 nitrogen and oxygen atoms in total. The van der Waals surface area contributed by atoms with E-state index in [0.29, 0.717) is 25.1 Å². The summed E-state index contributed by atoms with van der Waals surface area (Å²) in [5, 5.41) is 2.99. The molecule has 1 N–H and O–H groups in total. The molecule has 1 aromatic heterocycles. The van der Waals surface area contributed by atoms with Gasteiger partial charge in [0.15, 0.2) is 0 Å². The van der Waals surface area contributed by atoms with Crippen molar-refractivity contribution in [3.05, 3.63) is 59.9 Å². The van der Waals surface area contributed by atoms with Crippen LogP contribution in [0.5, 0.6) is 0 Å². The smallest absolute Gasteiger partial charge is 0.270 e. The van der Waals surface area contributed by atoms with Gasteiger partial charge in [0.2, 0.25) is 5.91 Å². The van der Waals surface area contributed by atoms with Crippen molar-refractivity contribution in [2.45, 2.75) is 38.1 Å². The second-order valence-electron chi connectivity index (χ2n) is 7.60. The van der Waals surface area contributed by atoms with E-state index in [1.54, 1.807) is 24.4 Å². The van der Waals surface area contributed by atoms with Crippen LogP contribution in [-0.2, 0) is 4.79 Å². The summed E-state index contributed by atoms with van der Waals surface area (Å²) < 4.78 is 27.2. The summed E-state index contributed by atoms with van der Waals surface area (Å²) in [6, 6.07) is 8.18. The number of benzene rings is 1. The van der Waals surface area contributed by atoms with Crippen LogP contribution in [0.25, 0.3) is 0 Å². The predicted molar refractivity (Wildman–Crippen MR) is 99.7 cm³/mol. The van der Waals surface area contributed by atoms with Crippen molar-refractivity contribution in [2.24, 2.45) is 5.41 Å². The number of rotatable bonds is 3. The summed E-state index contributed by atoms with van der Waals surface area (Å²) in [4.78, 5) is 31.1. The van der Waals surface area contributed by atoms with Gasteiger partial charge >= 0.3 is 0 Å². The lowest BCUT2D eigenvalue weighted by Gasteiger charge is -2.36. The number of aromatic nitrogens is 1. The first-order valence-electron chi connectivity index (χ1n) is 9.47. The van der Waals surface area contributed by atoms with Crippen molar-refractivity contribution < 1.29 is 18.4 Å². The van der Waals surface area contributed by atoms with Crippen LogP contribution in [0.1, 0.15) is 42.6 Å². The zero-order chi connectivity index (χ0) is 19.7. The zero-order valence-corrected chi connectivity index (χ0v) is 15.3. The Morgan fingerprint density at radius 2 is 1.96 bits per heavy atom. The van der Waals surface area contributed by atoms with Gasteiger partial charge in [-0.3, -0.25) is 14.6 Å². The van der Waals surface area contributed by atoms with E-state index in [1.807, 2.05) is 0 Å². The van der Waals surface area contributed by atoms with Gasteiger partial charge in [0.05, 0.1) is 5.41 Å². The molecular weight excluding hydrogens is 364 g/mol. The SMILES string of the molecule is O=C(NC1CCCC2(CCN(c3cc(F)cc(F)c3)C2=O)C1)c1ccccn1. The number of halogens is 2. The van der Waals surface area contributed by atoms with Gasteiger partial charge < -0.3 is 10.2 Å². The van der Waals surface area contributed by atoms with Gasteiger partial charge in [0, 0.05) is 30.5 Å². The van der Waals surface area contributed by atoms with Gasteiger partial charge in [-0.15, -0.1) is 0 Å². The summed E-state index contributed by atoms with van der Waals surface area (Å²) >= 11 is 0. The molecule has 7 heteroatoms. The Balaban J connectivity index is 1.49. The molecule has 1 aromatic carbocycles. The molecule has 1 saturated carbocycles. The quantitative estimate of drug-likeness (QED) is 0.880. The largest absolute Gasteiger partial charge is 0.348 e. The van der Waals surface area contributed by atoms with Gasteiger partial charge in [-0.05, 0) is 49.9 Å². The van der Waals surface area contributed by atoms with E-state index in [1.165, 1.54) is 17.0 Å². The highest BCUT2D eigenvalue weighted by Gasteiger charge is 2.49. The van der Waals surface area contributed by atoms with Gasteiger partial charge in [0.25, 0.3) is 5.91 Å². The van der Waals surface area contributed by atoms with Crippen LogP contribution < -0.4 is 10.2 Å². The van der Waals surface area contributed by atoms with Crippen LogP contribution in [0.4, 0.5) is 14.5 Å². The summed E-state index contributed by atoms with van der Waals surface area (Å²) in [6.45, 7) is 0.419. The number of hydrogen-bond acceptors (Lipinski definition) is 3. The first-order chi connectivity index (χ1) is 13.5. The van der Waals surface area contributed by atoms with Gasteiger partial charge in [-0.2, -0.15) is 0 Å². The van der Waals surface area contributed by atoms with Crippen molar-refractivity contribution >= 4 is 17.5 Å². The third-order valence-electron chi connectivity index (χ3n) is 5.75. The number of nitrogens with zero attached hydrogens (tertiary/aromatic N) is 2. The van der Waals surface area contributed by atoms with Crippen molar-refractivity contribution in [3.63, 3.8) is 0 Å². The Morgan fingerprint density at radius 1 is 1.18 bits per heavy atom. The zero-order valence-electron chi connectivity index (χ0n) is 15.3. The summed E-state index contributed by atoms with van der Waals surface area (Å²) in [6.07, 6.45) is 5.02. The van der Waals surface area contributed by atoms with Crippen LogP contribution in [0.15, 0.2) is 42.6 Å². The molecule has 1 aliphatic carbocycles. The average Bonchev–Trinajstić information content (AvgIpc) is 2.97. The lowest BCUT2D eigenvalue weighted by molar-refractivity contribution is -0.127. The van der Waals surface area contributed by atoms with Gasteiger partial charge in [-0.25, -0.2) is 8.78 Å². The second-order valence-corrected chi connectivity index (χ2v) is 7.60. The number of amides is 2. The summed E-state index contributed by atoms with van der Waals surface area (Å²) in [7, 11) is 0. The second kappa shape index (κ2) is 7.30. The minimum Gasteiger partial charge on any atom is -0.348 e. The molecule has 1 aliphatic heterocycles. The van der Waals surface area contributed by atoms with Crippen molar-refractivity contribution in [1.82, 2.24) is 10.3 Å². The molecule has 1 spiro atoms. The molecule has 28 heavy (non-hydrogen) atoms. The van der Waals surface area contributed by atoms with E-state index in [2.05, 4.69) is 10.3 Å². The Kier molecular flexibility index (Phi) is 4.83. The number of anilines is 1. The monoisotopic (exact) mass is 385 g/mol. The molecule has 2 unspecified atom stereocenters. The summed E-state index contributed by atoms with van der Waals surface area (Å²) in [5.74, 6) is -1.77. The Bertz CT molecular complexity index is 886. The Morgan fingerprint density at radius 3 is 2.68 bits per heavy atom. The normalized spacial score (nSPS) is 24.6. The average molecular weight is 385 g/mol. The molecule has 0 radical (unpaired) electrons. The first-order valence-corrected chi connectivity index (χ1v) is 9.47. The Labute approximate surface area is 161 Å². The third-order valence-corrected chi connectivity index (χ3v) is 5.75. The number of pyridine rings is 1. The van der Waals surface area contributed by atoms with Crippen LogP contribution in [-0.4, -0.2) is 29.4 Å². The van der Waals surface area contributed by atoms with Crippen molar-refractivity contribution in [2.75, 3.05) is 11.4 Å². The highest BCUT2D eigenvalue weighted by Crippen LogP contribution is 2.46. The van der Waals surface area contributed by atoms with Crippen molar-refractivity contribution in [1.29, 1.82) is 0 Å². The van der Waals surface area contributed by atoms with E-state index in [9.17, 15) is 18.4 Å². The number of nitrogens with one attached hydrogen (secondary N) is 1. The van der Waals surface area contributed by atoms with E-state index in [-0.39, 0.29) is 23.5 Å². The molecular formula is C21H21F2N3O2. The molecule has 2 atom stereocenters. The van der Waals surface area contributed by atoms with Gasteiger partial charge in [-0.1, -0.05) is 12.5 Å². The van der Waals surface area contributed by atoms with Crippen molar-refractivity contribution in [3.8, 4) is 0 Å². The molecule has 0 bridgehead atoms. The van der Waals surface area contributed by atoms with E-state index >= 15 is 0 Å². The highest BCUT2D eigenvalue weighted by molar-refractivity contribution is 6.00. The lowest BCUT2D eigenvalue weighted by Crippen LogP contribution is -2.46. The molecule has 1 saturated heterocycles. The predicted octanol–water partition coefficient (Wildman–Crippen LogP) is 3.46. The third kappa shape index (κ3) is 3.48. The molecule has 2 fully saturated rings. The Hall–Kier alpha value is -2.83. The van der Waals surface area contributed by atoms with E-state index in [0.717, 1.165) is 25.3 Å². The fourth-order valence-corrected chi connectivity index (χ4v) is 4.43. The fraction of sp³-hybridized carbons (Fsp3) is 0.381. The maximum Gasteiger partial charge on any atom is 0.270 e. The molecule has 2 heterocycles. The number of hydrogen-bond donors (Lipinski definition) is 1. The maximum absolute atomic E-state index is 13.6. The number of carbonyl (C=O) groups excluding carboxylic acids is 2. The molecule has 4 rings (SSSR count). The molecule has 2 aromatic rings. The minimum absolute atomic E-state index is 0.116. The minimum atomic E-state index is -0.701. The number of carbonyl (C=O) groups is 2. The molecule has 2 amide bonds. The standard InChI is InChI=1S/C21H21F2N3O2/c22-14-10-15(23)12-17(11-14)26-9-7-21(20(26)28)6-3-4-16(13-21)25-19(27)18-5-1-2-8-24-18/h1-2,5,8,10-12,16H,3-4,6-7,9,13H2,(H,25,27). The van der Waals surface area contributed by atoms with Crippen LogP contribution in [0, 0.1) is 17.0 Å². The first kappa shape index (κ1) is 18.5. The molecule has 146 valence electrons.